The second kappa shape index (κ2) is 5.18. The molecule has 0 aliphatic carbocycles. The summed E-state index contributed by atoms with van der Waals surface area (Å²) in [5.74, 6) is -0.491. The van der Waals surface area contributed by atoms with Crippen molar-refractivity contribution in [2.75, 3.05) is 0 Å². The van der Waals surface area contributed by atoms with E-state index in [1.807, 2.05) is 22.8 Å². The maximum absolute atomic E-state index is 13.4. The minimum atomic E-state index is -0.503. The van der Waals surface area contributed by atoms with Gasteiger partial charge in [0.05, 0.1) is 17.0 Å². The number of rotatable bonds is 3. The van der Waals surface area contributed by atoms with Gasteiger partial charge < -0.3 is 4.57 Å². The Morgan fingerprint density at radius 2 is 2.00 bits per heavy atom. The normalized spacial score (nSPS) is 11.0. The van der Waals surface area contributed by atoms with Crippen molar-refractivity contribution in [3.63, 3.8) is 0 Å². The zero-order chi connectivity index (χ0) is 15.0. The largest absolute Gasteiger partial charge is 0.343 e. The van der Waals surface area contributed by atoms with Gasteiger partial charge in [0.15, 0.2) is 0 Å². The summed E-state index contributed by atoms with van der Waals surface area (Å²) < 4.78 is 15.2. The van der Waals surface area contributed by atoms with Crippen LogP contribution in [0.2, 0.25) is 5.02 Å². The van der Waals surface area contributed by atoms with Gasteiger partial charge in [-0.1, -0.05) is 11.6 Å². The molecule has 0 bridgehead atoms. The van der Waals surface area contributed by atoms with Crippen molar-refractivity contribution >= 4 is 28.2 Å². The molecule has 0 saturated carbocycles. The van der Waals surface area contributed by atoms with E-state index in [-0.39, 0.29) is 12.2 Å². The maximum Gasteiger partial charge on any atom is 0.274 e. The second-order valence-electron chi connectivity index (χ2n) is 4.68. The van der Waals surface area contributed by atoms with E-state index in [1.54, 1.807) is 12.3 Å². The lowest BCUT2D eigenvalue weighted by Crippen LogP contribution is -2.02. The zero-order valence-corrected chi connectivity index (χ0v) is 11.5. The molecule has 0 aliphatic rings. The van der Waals surface area contributed by atoms with E-state index in [4.69, 9.17) is 11.6 Å². The molecule has 2 aromatic carbocycles. The van der Waals surface area contributed by atoms with E-state index >= 15 is 0 Å². The van der Waals surface area contributed by atoms with Crippen molar-refractivity contribution in [3.8, 4) is 0 Å². The van der Waals surface area contributed by atoms with E-state index in [0.717, 1.165) is 17.0 Å². The molecule has 3 aromatic rings. The van der Waals surface area contributed by atoms with Crippen LogP contribution in [-0.2, 0) is 6.54 Å². The molecule has 6 heteroatoms. The van der Waals surface area contributed by atoms with Crippen LogP contribution < -0.4 is 0 Å². The Morgan fingerprint density at radius 1 is 1.19 bits per heavy atom. The number of hydrogen-bond donors (Lipinski definition) is 0. The molecule has 1 heterocycles. The molecule has 106 valence electrons. The summed E-state index contributed by atoms with van der Waals surface area (Å²) in [6, 6.07) is 10.7. The molecule has 0 fully saturated rings. The Kier molecular flexibility index (Phi) is 3.35. The van der Waals surface area contributed by atoms with Gasteiger partial charge in [-0.05, 0) is 36.4 Å². The molecule has 1 aromatic heterocycles. The van der Waals surface area contributed by atoms with Crippen LogP contribution >= 0.6 is 11.6 Å². The smallest absolute Gasteiger partial charge is 0.274 e. The van der Waals surface area contributed by atoms with Crippen molar-refractivity contribution in [2.45, 2.75) is 6.54 Å². The Morgan fingerprint density at radius 3 is 2.76 bits per heavy atom. The number of nitro benzene ring substituents is 1. The van der Waals surface area contributed by atoms with E-state index in [2.05, 4.69) is 0 Å². The predicted molar refractivity (Wildman–Crippen MR) is 79.1 cm³/mol. The quantitative estimate of drug-likeness (QED) is 0.532. The molecular formula is C15H10ClFN2O2. The third-order valence-corrected chi connectivity index (χ3v) is 3.55. The third kappa shape index (κ3) is 2.60. The van der Waals surface area contributed by atoms with Crippen LogP contribution in [0.3, 0.4) is 0 Å². The van der Waals surface area contributed by atoms with Crippen LogP contribution in [-0.4, -0.2) is 9.49 Å². The van der Waals surface area contributed by atoms with Gasteiger partial charge in [-0.25, -0.2) is 4.39 Å². The number of fused-ring (bicyclic) bond motifs is 1. The summed E-state index contributed by atoms with van der Waals surface area (Å²) in [5, 5.41) is 12.6. The van der Waals surface area contributed by atoms with Gasteiger partial charge in [-0.2, -0.15) is 0 Å². The van der Waals surface area contributed by atoms with Gasteiger partial charge in [0, 0.05) is 28.2 Å². The molecule has 0 spiro atoms. The van der Waals surface area contributed by atoms with Crippen LogP contribution in [0.25, 0.3) is 10.9 Å². The molecule has 0 N–H and O–H groups in total. The Labute approximate surface area is 124 Å². The number of aromatic nitrogens is 1. The summed E-state index contributed by atoms with van der Waals surface area (Å²) >= 11 is 5.93. The average Bonchev–Trinajstić information content (AvgIpc) is 2.81. The number of hydrogen-bond acceptors (Lipinski definition) is 2. The van der Waals surface area contributed by atoms with Gasteiger partial charge >= 0.3 is 0 Å². The van der Waals surface area contributed by atoms with Crippen LogP contribution in [0, 0.1) is 15.9 Å². The Balaban J connectivity index is 2.06. The molecule has 21 heavy (non-hydrogen) atoms. The maximum atomic E-state index is 13.4. The third-order valence-electron chi connectivity index (χ3n) is 3.31. The first-order valence-corrected chi connectivity index (χ1v) is 6.59. The van der Waals surface area contributed by atoms with Gasteiger partial charge in [-0.3, -0.25) is 10.1 Å². The summed E-state index contributed by atoms with van der Waals surface area (Å²) in [6.45, 7) is 0.221. The fourth-order valence-corrected chi connectivity index (χ4v) is 2.53. The first kappa shape index (κ1) is 13.6. The highest BCUT2D eigenvalue weighted by atomic mass is 35.5. The highest BCUT2D eigenvalue weighted by molar-refractivity contribution is 6.31. The topological polar surface area (TPSA) is 48.1 Å². The monoisotopic (exact) mass is 304 g/mol. The van der Waals surface area contributed by atoms with Crippen molar-refractivity contribution < 1.29 is 9.31 Å². The lowest BCUT2D eigenvalue weighted by Gasteiger charge is -2.07. The minimum Gasteiger partial charge on any atom is -0.343 e. The number of halogens is 2. The molecule has 0 saturated heterocycles. The Bertz CT molecular complexity index is 845. The summed E-state index contributed by atoms with van der Waals surface area (Å²) in [7, 11) is 0. The lowest BCUT2D eigenvalue weighted by atomic mass is 10.1. The molecule has 0 amide bonds. The van der Waals surface area contributed by atoms with E-state index in [9.17, 15) is 14.5 Å². The summed E-state index contributed by atoms with van der Waals surface area (Å²) in [5.41, 5.74) is 1.12. The lowest BCUT2D eigenvalue weighted by molar-refractivity contribution is -0.385. The average molecular weight is 305 g/mol. The molecule has 0 unspecified atom stereocenters. The first-order valence-electron chi connectivity index (χ1n) is 6.22. The first-order chi connectivity index (χ1) is 10.0. The summed E-state index contributed by atoms with van der Waals surface area (Å²) in [4.78, 5) is 10.5. The van der Waals surface area contributed by atoms with Gasteiger partial charge in [0.2, 0.25) is 0 Å². The van der Waals surface area contributed by atoms with Crippen LogP contribution in [0.5, 0.6) is 0 Å². The van der Waals surface area contributed by atoms with E-state index < -0.39 is 10.7 Å². The van der Waals surface area contributed by atoms with Crippen LogP contribution in [0.4, 0.5) is 10.1 Å². The van der Waals surface area contributed by atoms with E-state index in [1.165, 1.54) is 12.1 Å². The van der Waals surface area contributed by atoms with Gasteiger partial charge in [0.25, 0.3) is 5.69 Å². The molecule has 4 nitrogen and oxygen atoms in total. The van der Waals surface area contributed by atoms with Crippen molar-refractivity contribution in [3.05, 3.63) is 75.2 Å². The molecule has 0 aliphatic heterocycles. The van der Waals surface area contributed by atoms with Crippen LogP contribution in [0.1, 0.15) is 5.56 Å². The Hall–Kier alpha value is -2.40. The number of nitrogens with zero attached hydrogens (tertiary/aromatic N) is 2. The standard InChI is InChI=1S/C15H10ClFN2O2/c16-12-1-3-14-10(7-12)5-6-18(14)9-11-8-13(17)2-4-15(11)19(20)21/h1-8H,9H2. The van der Waals surface area contributed by atoms with Gasteiger partial charge in [0.1, 0.15) is 5.82 Å². The minimum absolute atomic E-state index is 0.0905. The number of nitro groups is 1. The van der Waals surface area contributed by atoms with Crippen molar-refractivity contribution in [2.24, 2.45) is 0 Å². The predicted octanol–water partition coefficient (Wildman–Crippen LogP) is 4.39. The molecular weight excluding hydrogens is 295 g/mol. The molecule has 3 rings (SSSR count). The fraction of sp³-hybridized carbons (Fsp3) is 0.0667. The van der Waals surface area contributed by atoms with Crippen molar-refractivity contribution in [1.82, 2.24) is 4.57 Å². The SMILES string of the molecule is O=[N+]([O-])c1ccc(F)cc1Cn1ccc2cc(Cl)ccc21. The van der Waals surface area contributed by atoms with Crippen molar-refractivity contribution in [1.29, 1.82) is 0 Å². The summed E-state index contributed by atoms with van der Waals surface area (Å²) in [6.07, 6.45) is 1.80. The zero-order valence-electron chi connectivity index (χ0n) is 10.8. The van der Waals surface area contributed by atoms with E-state index in [0.29, 0.717) is 10.6 Å². The fourth-order valence-electron chi connectivity index (χ4n) is 2.35. The second-order valence-corrected chi connectivity index (χ2v) is 5.11. The molecule has 0 radical (unpaired) electrons. The van der Waals surface area contributed by atoms with Gasteiger partial charge in [-0.15, -0.1) is 0 Å². The highest BCUT2D eigenvalue weighted by Gasteiger charge is 2.15. The number of benzene rings is 2. The highest BCUT2D eigenvalue weighted by Crippen LogP contribution is 2.25. The molecule has 0 atom stereocenters. The van der Waals surface area contributed by atoms with Crippen LogP contribution in [0.15, 0.2) is 48.7 Å².